The van der Waals surface area contributed by atoms with E-state index in [1.807, 2.05) is 11.8 Å². The summed E-state index contributed by atoms with van der Waals surface area (Å²) < 4.78 is 5.47. The van der Waals surface area contributed by atoms with Crippen LogP contribution in [0.3, 0.4) is 0 Å². The van der Waals surface area contributed by atoms with Crippen molar-refractivity contribution in [2.24, 2.45) is 4.99 Å². The molecular weight excluding hydrogens is 469 g/mol. The second-order valence-corrected chi connectivity index (χ2v) is 6.98. The molecule has 2 aliphatic rings. The molecular formula is C20H32IN5O2. The number of anilines is 1. The number of guanidine groups is 1. The molecule has 1 aromatic rings. The van der Waals surface area contributed by atoms with Gasteiger partial charge in [-0.2, -0.15) is 0 Å². The fraction of sp³-hybridized carbons (Fsp3) is 0.600. The van der Waals surface area contributed by atoms with Gasteiger partial charge in [0.1, 0.15) is 0 Å². The van der Waals surface area contributed by atoms with Gasteiger partial charge in [-0.25, -0.2) is 0 Å². The Balaban J connectivity index is 0.00000280. The average molecular weight is 501 g/mol. The van der Waals surface area contributed by atoms with E-state index in [0.717, 1.165) is 51.8 Å². The first kappa shape index (κ1) is 22.7. The third-order valence-corrected chi connectivity index (χ3v) is 5.20. The molecule has 0 aliphatic carbocycles. The fourth-order valence-electron chi connectivity index (χ4n) is 3.67. The number of rotatable bonds is 5. The Morgan fingerprint density at radius 1 is 1.25 bits per heavy atom. The molecule has 156 valence electrons. The van der Waals surface area contributed by atoms with Crippen LogP contribution < -0.4 is 15.5 Å². The highest BCUT2D eigenvalue weighted by atomic mass is 127. The third-order valence-electron chi connectivity index (χ3n) is 5.20. The lowest BCUT2D eigenvalue weighted by molar-refractivity contribution is -0.129. The van der Waals surface area contributed by atoms with Gasteiger partial charge < -0.3 is 25.2 Å². The van der Waals surface area contributed by atoms with Crippen molar-refractivity contribution in [3.63, 3.8) is 0 Å². The molecule has 2 saturated heterocycles. The fourth-order valence-corrected chi connectivity index (χ4v) is 3.67. The number of hydrogen-bond acceptors (Lipinski definition) is 4. The second-order valence-electron chi connectivity index (χ2n) is 6.98. The molecule has 8 heteroatoms. The van der Waals surface area contributed by atoms with Crippen LogP contribution in [0.1, 0.15) is 25.3 Å². The molecule has 28 heavy (non-hydrogen) atoms. The molecule has 7 nitrogen and oxygen atoms in total. The monoisotopic (exact) mass is 501 g/mol. The highest BCUT2D eigenvalue weighted by Crippen LogP contribution is 2.21. The van der Waals surface area contributed by atoms with Gasteiger partial charge in [0.25, 0.3) is 0 Å². The molecule has 1 aromatic carbocycles. The largest absolute Gasteiger partial charge is 0.378 e. The van der Waals surface area contributed by atoms with Gasteiger partial charge in [0, 0.05) is 57.9 Å². The Labute approximate surface area is 184 Å². The minimum Gasteiger partial charge on any atom is -0.378 e. The number of morpholine rings is 1. The Bertz CT molecular complexity index is 664. The first-order valence-electron chi connectivity index (χ1n) is 9.86. The summed E-state index contributed by atoms with van der Waals surface area (Å²) in [5, 5.41) is 6.88. The summed E-state index contributed by atoms with van der Waals surface area (Å²) in [7, 11) is 1.78. The van der Waals surface area contributed by atoms with Gasteiger partial charge in [-0.05, 0) is 18.1 Å². The molecule has 0 radical (unpaired) electrons. The van der Waals surface area contributed by atoms with Crippen molar-refractivity contribution in [3.05, 3.63) is 29.8 Å². The third kappa shape index (κ3) is 5.97. The van der Waals surface area contributed by atoms with E-state index >= 15 is 0 Å². The maximum Gasteiger partial charge on any atom is 0.222 e. The van der Waals surface area contributed by atoms with Crippen molar-refractivity contribution in [1.82, 2.24) is 15.5 Å². The minimum atomic E-state index is 0. The van der Waals surface area contributed by atoms with Crippen molar-refractivity contribution >= 4 is 41.5 Å². The van der Waals surface area contributed by atoms with Crippen LogP contribution in [0.2, 0.25) is 0 Å². The summed E-state index contributed by atoms with van der Waals surface area (Å²) in [6.07, 6.45) is 1.52. The van der Waals surface area contributed by atoms with Crippen LogP contribution in [-0.4, -0.2) is 69.2 Å². The van der Waals surface area contributed by atoms with Crippen LogP contribution >= 0.6 is 24.0 Å². The molecule has 1 atom stereocenters. The number of aliphatic imine (C=N–C) groups is 1. The van der Waals surface area contributed by atoms with Crippen molar-refractivity contribution in [3.8, 4) is 0 Å². The zero-order chi connectivity index (χ0) is 19.1. The molecule has 1 unspecified atom stereocenters. The van der Waals surface area contributed by atoms with Gasteiger partial charge in [0.05, 0.1) is 13.2 Å². The number of nitrogens with one attached hydrogen (secondary N) is 2. The zero-order valence-electron chi connectivity index (χ0n) is 16.8. The van der Waals surface area contributed by atoms with Gasteiger partial charge in [-0.15, -0.1) is 24.0 Å². The number of likely N-dealkylation sites (tertiary alicyclic amines) is 1. The van der Waals surface area contributed by atoms with E-state index in [1.54, 1.807) is 7.05 Å². The van der Waals surface area contributed by atoms with Gasteiger partial charge in [0.15, 0.2) is 5.96 Å². The molecule has 2 heterocycles. The lowest BCUT2D eigenvalue weighted by atomic mass is 10.1. The maximum absolute atomic E-state index is 11.9. The number of amides is 1. The van der Waals surface area contributed by atoms with Crippen molar-refractivity contribution in [1.29, 1.82) is 0 Å². The lowest BCUT2D eigenvalue weighted by Gasteiger charge is -2.30. The summed E-state index contributed by atoms with van der Waals surface area (Å²) in [4.78, 5) is 20.5. The van der Waals surface area contributed by atoms with Crippen molar-refractivity contribution < 1.29 is 9.53 Å². The summed E-state index contributed by atoms with van der Waals surface area (Å²) in [5.74, 6) is 1.00. The Morgan fingerprint density at radius 3 is 2.71 bits per heavy atom. The van der Waals surface area contributed by atoms with Crippen LogP contribution in [0.5, 0.6) is 0 Å². The van der Waals surface area contributed by atoms with Gasteiger partial charge in [0.2, 0.25) is 5.91 Å². The highest BCUT2D eigenvalue weighted by molar-refractivity contribution is 14.0. The molecule has 2 aliphatic heterocycles. The Morgan fingerprint density at radius 2 is 2.00 bits per heavy atom. The molecule has 0 saturated carbocycles. The van der Waals surface area contributed by atoms with E-state index in [2.05, 4.69) is 44.8 Å². The predicted octanol–water partition coefficient (Wildman–Crippen LogP) is 1.82. The van der Waals surface area contributed by atoms with E-state index in [4.69, 9.17) is 4.74 Å². The average Bonchev–Trinajstić information content (AvgIpc) is 3.20. The van der Waals surface area contributed by atoms with Crippen molar-refractivity contribution in [2.45, 2.75) is 32.4 Å². The molecule has 3 rings (SSSR count). The molecule has 1 amide bonds. The standard InChI is InChI=1S/C20H31N5O2.HI/c1-3-19(26)25-9-8-17(15-25)23-20(21-2)22-14-16-6-4-5-7-18(16)24-10-12-27-13-11-24;/h4-7,17H,3,8-15H2,1-2H3,(H2,21,22,23);1H. The summed E-state index contributed by atoms with van der Waals surface area (Å²) in [6.45, 7) is 7.59. The smallest absolute Gasteiger partial charge is 0.222 e. The van der Waals surface area contributed by atoms with Crippen LogP contribution in [0.25, 0.3) is 0 Å². The quantitative estimate of drug-likeness (QED) is 0.366. The number of halogens is 1. The van der Waals surface area contributed by atoms with E-state index in [1.165, 1.54) is 11.3 Å². The summed E-state index contributed by atoms with van der Waals surface area (Å²) >= 11 is 0. The second kappa shape index (κ2) is 11.5. The molecule has 2 fully saturated rings. The van der Waals surface area contributed by atoms with Gasteiger partial charge in [-0.1, -0.05) is 25.1 Å². The first-order chi connectivity index (χ1) is 13.2. The SMILES string of the molecule is CCC(=O)N1CCC(NC(=NC)NCc2ccccc2N2CCOCC2)C1.I. The van der Waals surface area contributed by atoms with E-state index in [9.17, 15) is 4.79 Å². The Kier molecular flexibility index (Phi) is 9.30. The number of hydrogen-bond donors (Lipinski definition) is 2. The predicted molar refractivity (Wildman–Crippen MR) is 123 cm³/mol. The summed E-state index contributed by atoms with van der Waals surface area (Å²) in [6, 6.07) is 8.73. The van der Waals surface area contributed by atoms with Crippen molar-refractivity contribution in [2.75, 3.05) is 51.3 Å². The number of para-hydroxylation sites is 1. The topological polar surface area (TPSA) is 69.2 Å². The number of nitrogens with zero attached hydrogens (tertiary/aromatic N) is 3. The number of carbonyl (C=O) groups excluding carboxylic acids is 1. The van der Waals surface area contributed by atoms with Crippen LogP contribution in [0.15, 0.2) is 29.3 Å². The van der Waals surface area contributed by atoms with E-state index in [-0.39, 0.29) is 35.9 Å². The normalized spacial score (nSPS) is 19.9. The highest BCUT2D eigenvalue weighted by Gasteiger charge is 2.25. The van der Waals surface area contributed by atoms with Gasteiger partial charge in [-0.3, -0.25) is 9.79 Å². The lowest BCUT2D eigenvalue weighted by Crippen LogP contribution is -2.45. The minimum absolute atomic E-state index is 0. The zero-order valence-corrected chi connectivity index (χ0v) is 19.1. The summed E-state index contributed by atoms with van der Waals surface area (Å²) in [5.41, 5.74) is 2.50. The number of ether oxygens (including phenoxy) is 1. The number of carbonyl (C=O) groups is 1. The Hall–Kier alpha value is -1.55. The van der Waals surface area contributed by atoms with Crippen LogP contribution in [0.4, 0.5) is 5.69 Å². The molecule has 0 aromatic heterocycles. The van der Waals surface area contributed by atoms with E-state index in [0.29, 0.717) is 13.0 Å². The number of benzene rings is 1. The first-order valence-corrected chi connectivity index (χ1v) is 9.86. The van der Waals surface area contributed by atoms with Crippen LogP contribution in [-0.2, 0) is 16.1 Å². The van der Waals surface area contributed by atoms with Gasteiger partial charge >= 0.3 is 0 Å². The molecule has 0 bridgehead atoms. The van der Waals surface area contributed by atoms with E-state index < -0.39 is 0 Å². The van der Waals surface area contributed by atoms with Crippen LogP contribution in [0, 0.1) is 0 Å². The molecule has 2 N–H and O–H groups in total. The maximum atomic E-state index is 11.9. The molecule has 0 spiro atoms.